The van der Waals surface area contributed by atoms with E-state index in [-0.39, 0.29) is 12.1 Å². The van der Waals surface area contributed by atoms with E-state index >= 15 is 0 Å². The van der Waals surface area contributed by atoms with Gasteiger partial charge in [-0.05, 0) is 51.0 Å². The van der Waals surface area contributed by atoms with Crippen LogP contribution >= 0.6 is 0 Å². The lowest BCUT2D eigenvalue weighted by molar-refractivity contribution is 0.105. The molecule has 5 N–H and O–H groups in total. The lowest BCUT2D eigenvalue weighted by Crippen LogP contribution is -2.51. The third kappa shape index (κ3) is 4.82. The summed E-state index contributed by atoms with van der Waals surface area (Å²) in [4.78, 5) is 0. The van der Waals surface area contributed by atoms with E-state index in [0.29, 0.717) is 12.3 Å². The van der Waals surface area contributed by atoms with E-state index in [1.54, 1.807) is 0 Å². The number of rotatable bonds is 7. The molecule has 1 fully saturated rings. The maximum atomic E-state index is 9.58. The average molecular weight is 257 g/mol. The Labute approximate surface area is 109 Å². The summed E-state index contributed by atoms with van der Waals surface area (Å²) in [5.41, 5.74) is 5.34. The molecule has 0 aromatic rings. The molecule has 0 radical (unpaired) electrons. The van der Waals surface area contributed by atoms with Crippen molar-refractivity contribution in [3.05, 3.63) is 0 Å². The van der Waals surface area contributed by atoms with Gasteiger partial charge in [0.2, 0.25) is 0 Å². The minimum absolute atomic E-state index is 0.0663. The zero-order valence-electron chi connectivity index (χ0n) is 11.4. The van der Waals surface area contributed by atoms with Gasteiger partial charge in [-0.3, -0.25) is 0 Å². The Morgan fingerprint density at radius 3 is 2.61 bits per heavy atom. The van der Waals surface area contributed by atoms with Crippen molar-refractivity contribution < 1.29 is 10.3 Å². The van der Waals surface area contributed by atoms with Crippen LogP contribution < -0.4 is 11.1 Å². The maximum absolute atomic E-state index is 9.58. The van der Waals surface area contributed by atoms with Crippen LogP contribution in [0.4, 0.5) is 0 Å². The molecule has 5 heteroatoms. The zero-order valence-corrected chi connectivity index (χ0v) is 11.4. The smallest absolute Gasteiger partial charge is 0.139 e. The second-order valence-electron chi connectivity index (χ2n) is 5.60. The fourth-order valence-corrected chi connectivity index (χ4v) is 2.54. The minimum Gasteiger partial charge on any atom is -0.409 e. The van der Waals surface area contributed by atoms with E-state index in [1.165, 1.54) is 12.8 Å². The molecule has 0 atom stereocenters. The third-order valence-electron chi connectivity index (χ3n) is 4.02. The maximum Gasteiger partial charge on any atom is 0.139 e. The molecule has 0 heterocycles. The predicted molar refractivity (Wildman–Crippen MR) is 72.7 cm³/mol. The second kappa shape index (κ2) is 7.59. The monoisotopic (exact) mass is 257 g/mol. The van der Waals surface area contributed by atoms with Gasteiger partial charge in [0.25, 0.3) is 0 Å². The topological polar surface area (TPSA) is 90.9 Å². The highest BCUT2D eigenvalue weighted by atomic mass is 16.4. The standard InChI is InChI=1S/C13H27N3O2/c1-11-5-7-13(10-17,8-6-11)15-9-3-2-4-12(14)16-18/h11,15,17-18H,2-10H2,1H3,(H2,14,16). The van der Waals surface area contributed by atoms with Crippen LogP contribution in [-0.4, -0.2) is 34.8 Å². The van der Waals surface area contributed by atoms with Crippen molar-refractivity contribution in [2.75, 3.05) is 13.2 Å². The van der Waals surface area contributed by atoms with Gasteiger partial charge in [-0.1, -0.05) is 12.1 Å². The summed E-state index contributed by atoms with van der Waals surface area (Å²) in [5, 5.41) is 24.4. The number of hydrogen-bond donors (Lipinski definition) is 4. The van der Waals surface area contributed by atoms with Crippen LogP contribution in [0, 0.1) is 5.92 Å². The van der Waals surface area contributed by atoms with Crippen molar-refractivity contribution in [2.24, 2.45) is 16.8 Å². The average Bonchev–Trinajstić information content (AvgIpc) is 2.40. The van der Waals surface area contributed by atoms with Gasteiger partial charge in [0.15, 0.2) is 0 Å². The first-order chi connectivity index (χ1) is 8.62. The SMILES string of the molecule is CC1CCC(CO)(NCCCCC(N)=NO)CC1. The Bertz CT molecular complexity index is 261. The molecule has 106 valence electrons. The molecule has 0 bridgehead atoms. The Morgan fingerprint density at radius 1 is 1.39 bits per heavy atom. The fourth-order valence-electron chi connectivity index (χ4n) is 2.54. The van der Waals surface area contributed by atoms with Crippen molar-refractivity contribution in [3.63, 3.8) is 0 Å². The Hall–Kier alpha value is -0.810. The number of aliphatic hydroxyl groups excluding tert-OH is 1. The van der Waals surface area contributed by atoms with Gasteiger partial charge >= 0.3 is 0 Å². The fraction of sp³-hybridized carbons (Fsp3) is 0.923. The second-order valence-corrected chi connectivity index (χ2v) is 5.60. The van der Waals surface area contributed by atoms with Crippen LogP contribution in [-0.2, 0) is 0 Å². The Morgan fingerprint density at radius 2 is 2.06 bits per heavy atom. The highest BCUT2D eigenvalue weighted by molar-refractivity contribution is 5.79. The largest absolute Gasteiger partial charge is 0.409 e. The number of hydrogen-bond acceptors (Lipinski definition) is 4. The molecule has 0 unspecified atom stereocenters. The molecular weight excluding hydrogens is 230 g/mol. The summed E-state index contributed by atoms with van der Waals surface area (Å²) in [5.74, 6) is 1.07. The highest BCUT2D eigenvalue weighted by Crippen LogP contribution is 2.31. The van der Waals surface area contributed by atoms with E-state index < -0.39 is 0 Å². The van der Waals surface area contributed by atoms with E-state index in [4.69, 9.17) is 10.9 Å². The van der Waals surface area contributed by atoms with Crippen LogP contribution in [0.5, 0.6) is 0 Å². The molecule has 0 aromatic carbocycles. The summed E-state index contributed by atoms with van der Waals surface area (Å²) in [6.45, 7) is 3.38. The number of aliphatic hydroxyl groups is 1. The molecule has 0 aromatic heterocycles. The van der Waals surface area contributed by atoms with Crippen LogP contribution in [0.3, 0.4) is 0 Å². The van der Waals surface area contributed by atoms with Gasteiger partial charge in [0.1, 0.15) is 5.84 Å². The first-order valence-electron chi connectivity index (χ1n) is 6.94. The Kier molecular flexibility index (Phi) is 6.43. The summed E-state index contributed by atoms with van der Waals surface area (Å²) in [7, 11) is 0. The molecule has 5 nitrogen and oxygen atoms in total. The summed E-state index contributed by atoms with van der Waals surface area (Å²) in [6, 6.07) is 0. The lowest BCUT2D eigenvalue weighted by atomic mass is 9.77. The van der Waals surface area contributed by atoms with Crippen molar-refractivity contribution >= 4 is 5.84 Å². The van der Waals surface area contributed by atoms with E-state index in [0.717, 1.165) is 38.1 Å². The Balaban J connectivity index is 2.20. The zero-order chi connectivity index (χ0) is 13.4. The highest BCUT2D eigenvalue weighted by Gasteiger charge is 2.32. The van der Waals surface area contributed by atoms with Crippen LogP contribution in [0.1, 0.15) is 51.9 Å². The van der Waals surface area contributed by atoms with E-state index in [2.05, 4.69) is 17.4 Å². The minimum atomic E-state index is -0.0663. The molecule has 18 heavy (non-hydrogen) atoms. The van der Waals surface area contributed by atoms with E-state index in [9.17, 15) is 5.11 Å². The molecule has 1 aliphatic carbocycles. The molecule has 1 saturated carbocycles. The normalized spacial score (nSPS) is 29.4. The lowest BCUT2D eigenvalue weighted by Gasteiger charge is -2.39. The van der Waals surface area contributed by atoms with Crippen molar-refractivity contribution in [1.82, 2.24) is 5.32 Å². The summed E-state index contributed by atoms with van der Waals surface area (Å²) in [6.07, 6.45) is 7.01. The van der Waals surface area contributed by atoms with Crippen LogP contribution in [0.15, 0.2) is 5.16 Å². The van der Waals surface area contributed by atoms with Crippen LogP contribution in [0.25, 0.3) is 0 Å². The van der Waals surface area contributed by atoms with Crippen molar-refractivity contribution in [3.8, 4) is 0 Å². The summed E-state index contributed by atoms with van der Waals surface area (Å²) < 4.78 is 0. The van der Waals surface area contributed by atoms with Gasteiger partial charge in [0.05, 0.1) is 6.61 Å². The first kappa shape index (κ1) is 15.2. The number of amidine groups is 1. The van der Waals surface area contributed by atoms with Gasteiger partial charge in [-0.2, -0.15) is 0 Å². The van der Waals surface area contributed by atoms with Crippen molar-refractivity contribution in [1.29, 1.82) is 0 Å². The molecule has 1 aliphatic rings. The first-order valence-corrected chi connectivity index (χ1v) is 6.94. The molecule has 1 rings (SSSR count). The number of oxime groups is 1. The molecule has 0 amide bonds. The molecular formula is C13H27N3O2. The predicted octanol–water partition coefficient (Wildman–Crippen LogP) is 1.43. The van der Waals surface area contributed by atoms with Crippen LogP contribution in [0.2, 0.25) is 0 Å². The van der Waals surface area contributed by atoms with Gasteiger partial charge in [0, 0.05) is 12.0 Å². The number of unbranched alkanes of at least 4 members (excludes halogenated alkanes) is 1. The molecule has 0 saturated heterocycles. The summed E-state index contributed by atoms with van der Waals surface area (Å²) >= 11 is 0. The van der Waals surface area contributed by atoms with Gasteiger partial charge in [-0.25, -0.2) is 0 Å². The number of nitrogens with two attached hydrogens (primary N) is 1. The third-order valence-corrected chi connectivity index (χ3v) is 4.02. The van der Waals surface area contributed by atoms with E-state index in [1.807, 2.05) is 0 Å². The number of nitrogens with zero attached hydrogens (tertiary/aromatic N) is 1. The molecule has 0 aliphatic heterocycles. The quantitative estimate of drug-likeness (QED) is 0.183. The van der Waals surface area contributed by atoms with Gasteiger partial charge in [-0.15, -0.1) is 0 Å². The van der Waals surface area contributed by atoms with Gasteiger partial charge < -0.3 is 21.4 Å². The van der Waals surface area contributed by atoms with Crippen molar-refractivity contribution in [2.45, 2.75) is 57.4 Å². The molecule has 0 spiro atoms. The number of nitrogens with one attached hydrogen (secondary N) is 1.